The smallest absolute Gasteiger partial charge is 0.748 e. The molecule has 1 unspecified atom stereocenters. The van der Waals surface area contributed by atoms with Gasteiger partial charge in [-0.05, 0) is 56.2 Å². The Balaban J connectivity index is 0.00000729. The Morgan fingerprint density at radius 2 is 1.57 bits per heavy atom. The van der Waals surface area contributed by atoms with Gasteiger partial charge in [-0.15, -0.1) is 0 Å². The van der Waals surface area contributed by atoms with Crippen LogP contribution in [0.1, 0.15) is 89.7 Å². The molecule has 156 valence electrons. The van der Waals surface area contributed by atoms with Gasteiger partial charge >= 0.3 is 29.6 Å². The van der Waals surface area contributed by atoms with Crippen molar-refractivity contribution in [2.45, 2.75) is 96.7 Å². The average Bonchev–Trinajstić information content (AvgIpc) is 2.62. The van der Waals surface area contributed by atoms with Gasteiger partial charge in [0, 0.05) is 5.25 Å². The van der Waals surface area contributed by atoms with Gasteiger partial charge in [0.15, 0.2) is 0 Å². The fraction of sp³-hybridized carbons (Fsp3) is 0.727. The zero-order valence-corrected chi connectivity index (χ0v) is 21.2. The zero-order chi connectivity index (χ0) is 20.1. The third-order valence-electron chi connectivity index (χ3n) is 5.08. The summed E-state index contributed by atoms with van der Waals surface area (Å²) in [5.74, 6) is 0.856. The molecule has 0 aromatic heterocycles. The predicted molar refractivity (Wildman–Crippen MR) is 111 cm³/mol. The van der Waals surface area contributed by atoms with E-state index in [-0.39, 0.29) is 42.6 Å². The maximum absolute atomic E-state index is 11.1. The fourth-order valence-corrected chi connectivity index (χ4v) is 3.60. The summed E-state index contributed by atoms with van der Waals surface area (Å²) < 4.78 is 39.1. The van der Waals surface area contributed by atoms with Crippen molar-refractivity contribution in [3.8, 4) is 5.75 Å². The first-order valence-electron chi connectivity index (χ1n) is 10.6. The molecule has 0 bridgehead atoms. The minimum absolute atomic E-state index is 0. The van der Waals surface area contributed by atoms with Gasteiger partial charge in [0.25, 0.3) is 0 Å². The molecule has 0 spiro atoms. The van der Waals surface area contributed by atoms with E-state index in [4.69, 9.17) is 4.74 Å². The van der Waals surface area contributed by atoms with E-state index in [9.17, 15) is 13.0 Å². The molecule has 4 nitrogen and oxygen atoms in total. The minimum atomic E-state index is -4.24. The van der Waals surface area contributed by atoms with E-state index in [0.717, 1.165) is 25.0 Å². The molecule has 0 saturated carbocycles. The summed E-state index contributed by atoms with van der Waals surface area (Å²) in [6, 6.07) is 6.19. The van der Waals surface area contributed by atoms with Crippen molar-refractivity contribution in [2.75, 3.05) is 6.61 Å². The molecule has 1 rings (SSSR count). The van der Waals surface area contributed by atoms with Crippen molar-refractivity contribution < 1.29 is 47.3 Å². The van der Waals surface area contributed by atoms with E-state index in [1.54, 1.807) is 0 Å². The van der Waals surface area contributed by atoms with Crippen LogP contribution >= 0.6 is 0 Å². The standard InChI is InChI=1S/C22H38O4S.Na/c1-4-6-8-10-13-20-14-12-16-22(21(20)15-11-9-7-5-2)26-18-17-19(3)27(23,24)25;/h12,14,16,19H,4-11,13,15,17-18H2,1-3H3,(H,23,24,25);/q;+1/p-1. The summed E-state index contributed by atoms with van der Waals surface area (Å²) in [5, 5.41) is -0.914. The Labute approximate surface area is 194 Å². The number of rotatable bonds is 15. The molecular formula is C22H37NaO4S. The molecule has 0 N–H and O–H groups in total. The number of hydrogen-bond acceptors (Lipinski definition) is 4. The van der Waals surface area contributed by atoms with Crippen molar-refractivity contribution >= 4 is 10.1 Å². The fourth-order valence-electron chi connectivity index (χ4n) is 3.21. The summed E-state index contributed by atoms with van der Waals surface area (Å²) in [4.78, 5) is 0. The van der Waals surface area contributed by atoms with Crippen molar-refractivity contribution in [3.05, 3.63) is 29.3 Å². The second kappa shape index (κ2) is 15.7. The van der Waals surface area contributed by atoms with Gasteiger partial charge in [0.1, 0.15) is 5.75 Å². The maximum atomic E-state index is 11.1. The van der Waals surface area contributed by atoms with Crippen LogP contribution in [0, 0.1) is 0 Å². The number of ether oxygens (including phenoxy) is 1. The molecule has 0 amide bonds. The summed E-state index contributed by atoms with van der Waals surface area (Å²) in [5.41, 5.74) is 2.62. The summed E-state index contributed by atoms with van der Waals surface area (Å²) in [7, 11) is -4.24. The molecule has 1 atom stereocenters. The first-order valence-corrected chi connectivity index (χ1v) is 12.1. The average molecular weight is 421 g/mol. The van der Waals surface area contributed by atoms with E-state index in [1.807, 2.05) is 12.1 Å². The molecule has 0 aliphatic heterocycles. The maximum Gasteiger partial charge on any atom is 1.00 e. The van der Waals surface area contributed by atoms with Gasteiger partial charge in [0.05, 0.1) is 16.7 Å². The van der Waals surface area contributed by atoms with E-state index in [2.05, 4.69) is 19.9 Å². The molecule has 6 heteroatoms. The number of unbranched alkanes of at least 4 members (excludes halogenated alkanes) is 6. The van der Waals surface area contributed by atoms with Crippen LogP contribution in [0.2, 0.25) is 0 Å². The Hall–Kier alpha value is -0.0700. The molecule has 0 aliphatic rings. The molecule has 1 aromatic rings. The SMILES string of the molecule is CCCCCCc1cccc(OCCC(C)S(=O)(=O)[O-])c1CCCCCC.[Na+]. The Bertz CT molecular complexity index is 631. The van der Waals surface area contributed by atoms with Gasteiger partial charge in [0.2, 0.25) is 0 Å². The summed E-state index contributed by atoms with van der Waals surface area (Å²) in [6.07, 6.45) is 12.0. The van der Waals surface area contributed by atoms with E-state index in [0.29, 0.717) is 0 Å². The second-order valence-corrected chi connectivity index (χ2v) is 9.25. The third-order valence-corrected chi connectivity index (χ3v) is 6.31. The van der Waals surface area contributed by atoms with Gasteiger partial charge in [-0.1, -0.05) is 64.5 Å². The molecule has 0 heterocycles. The second-order valence-electron chi connectivity index (χ2n) is 7.46. The number of hydrogen-bond donors (Lipinski definition) is 0. The monoisotopic (exact) mass is 420 g/mol. The molecule has 0 aliphatic carbocycles. The molecule has 28 heavy (non-hydrogen) atoms. The molecular weight excluding hydrogens is 383 g/mol. The number of benzene rings is 1. The first-order chi connectivity index (χ1) is 12.9. The van der Waals surface area contributed by atoms with Crippen LogP contribution in [0.5, 0.6) is 5.75 Å². The Kier molecular flexibility index (Phi) is 15.7. The molecule has 0 fully saturated rings. The van der Waals surface area contributed by atoms with Gasteiger partial charge in [-0.2, -0.15) is 0 Å². The van der Waals surface area contributed by atoms with Crippen LogP contribution in [0.15, 0.2) is 18.2 Å². The number of aryl methyl sites for hydroxylation is 1. The van der Waals surface area contributed by atoms with Crippen molar-refractivity contribution in [1.82, 2.24) is 0 Å². The van der Waals surface area contributed by atoms with Crippen LogP contribution in [-0.2, 0) is 23.0 Å². The predicted octanol–water partition coefficient (Wildman–Crippen LogP) is 2.64. The van der Waals surface area contributed by atoms with Gasteiger partial charge < -0.3 is 9.29 Å². The third kappa shape index (κ3) is 11.2. The van der Waals surface area contributed by atoms with Gasteiger partial charge in [-0.25, -0.2) is 8.42 Å². The molecule has 1 aromatic carbocycles. The largest absolute Gasteiger partial charge is 1.00 e. The van der Waals surface area contributed by atoms with E-state index >= 15 is 0 Å². The normalized spacial score (nSPS) is 12.4. The quantitative estimate of drug-likeness (QED) is 0.249. The van der Waals surface area contributed by atoms with Gasteiger partial charge in [-0.3, -0.25) is 0 Å². The van der Waals surface area contributed by atoms with E-state index in [1.165, 1.54) is 63.0 Å². The van der Waals surface area contributed by atoms with Crippen LogP contribution in [0.25, 0.3) is 0 Å². The minimum Gasteiger partial charge on any atom is -0.748 e. The Morgan fingerprint density at radius 3 is 2.14 bits per heavy atom. The van der Waals surface area contributed by atoms with Crippen molar-refractivity contribution in [1.29, 1.82) is 0 Å². The van der Waals surface area contributed by atoms with Crippen molar-refractivity contribution in [3.63, 3.8) is 0 Å². The summed E-state index contributed by atoms with van der Waals surface area (Å²) >= 11 is 0. The van der Waals surface area contributed by atoms with Crippen LogP contribution in [-0.4, -0.2) is 24.8 Å². The van der Waals surface area contributed by atoms with Crippen LogP contribution in [0.3, 0.4) is 0 Å². The molecule has 0 radical (unpaired) electrons. The first kappa shape index (κ1) is 27.9. The van der Waals surface area contributed by atoms with Crippen LogP contribution < -0.4 is 34.3 Å². The molecule has 0 saturated heterocycles. The topological polar surface area (TPSA) is 66.4 Å². The summed E-state index contributed by atoms with van der Waals surface area (Å²) in [6.45, 7) is 6.13. The zero-order valence-electron chi connectivity index (χ0n) is 18.3. The van der Waals surface area contributed by atoms with E-state index < -0.39 is 15.4 Å². The van der Waals surface area contributed by atoms with Crippen LogP contribution in [0.4, 0.5) is 0 Å². The Morgan fingerprint density at radius 1 is 0.964 bits per heavy atom. The van der Waals surface area contributed by atoms with Crippen molar-refractivity contribution in [2.24, 2.45) is 0 Å².